The molecule has 2 aliphatic rings. The van der Waals surface area contributed by atoms with Crippen LogP contribution >= 0.6 is 12.4 Å². The van der Waals surface area contributed by atoms with Crippen LogP contribution in [0.2, 0.25) is 0 Å². The van der Waals surface area contributed by atoms with Crippen molar-refractivity contribution in [2.75, 3.05) is 20.1 Å². The molecule has 88 valence electrons. The number of carbonyl (C=O) groups is 1. The lowest BCUT2D eigenvalue weighted by atomic mass is 10.1. The second-order valence-corrected chi connectivity index (χ2v) is 4.58. The average Bonchev–Trinajstić information content (AvgIpc) is 2.87. The molecule has 0 radical (unpaired) electrons. The molecule has 1 unspecified atom stereocenters. The first-order valence-electron chi connectivity index (χ1n) is 5.76. The van der Waals surface area contributed by atoms with E-state index < -0.39 is 0 Å². The maximum atomic E-state index is 12.0. The van der Waals surface area contributed by atoms with E-state index in [0.29, 0.717) is 17.9 Å². The number of carbonyl (C=O) groups excluding carboxylic acids is 1. The molecule has 0 aromatic rings. The minimum Gasteiger partial charge on any atom is -0.341 e. The van der Waals surface area contributed by atoms with E-state index in [1.165, 1.54) is 12.8 Å². The topological polar surface area (TPSA) is 32.3 Å². The van der Waals surface area contributed by atoms with Gasteiger partial charge in [0.25, 0.3) is 0 Å². The molecule has 1 atom stereocenters. The summed E-state index contributed by atoms with van der Waals surface area (Å²) in [5, 5.41) is 3.30. The van der Waals surface area contributed by atoms with Crippen molar-refractivity contribution in [3.05, 3.63) is 0 Å². The van der Waals surface area contributed by atoms with Crippen LogP contribution < -0.4 is 5.32 Å². The summed E-state index contributed by atoms with van der Waals surface area (Å²) in [6.07, 6.45) is 5.84. The van der Waals surface area contributed by atoms with Gasteiger partial charge in [0.2, 0.25) is 5.91 Å². The molecule has 4 heteroatoms. The molecule has 1 N–H and O–H groups in total. The van der Waals surface area contributed by atoms with E-state index in [0.717, 1.165) is 32.4 Å². The van der Waals surface area contributed by atoms with Crippen molar-refractivity contribution >= 4 is 18.3 Å². The standard InChI is InChI=1S/C11H20N2O.ClH/c1-13(10-6-7-12-8-10)11(14)9-4-2-3-5-9;/h9-10,12H,2-8H2,1H3;1H. The predicted molar refractivity (Wildman–Crippen MR) is 63.3 cm³/mol. The van der Waals surface area contributed by atoms with Crippen LogP contribution in [-0.2, 0) is 4.79 Å². The molecule has 2 rings (SSSR count). The Morgan fingerprint density at radius 2 is 1.93 bits per heavy atom. The predicted octanol–water partition coefficient (Wildman–Crippen LogP) is 1.42. The van der Waals surface area contributed by atoms with Gasteiger partial charge in [0.15, 0.2) is 0 Å². The summed E-state index contributed by atoms with van der Waals surface area (Å²) in [5.74, 6) is 0.719. The van der Waals surface area contributed by atoms with E-state index in [4.69, 9.17) is 0 Å². The van der Waals surface area contributed by atoms with E-state index >= 15 is 0 Å². The van der Waals surface area contributed by atoms with E-state index in [9.17, 15) is 4.79 Å². The fourth-order valence-electron chi connectivity index (χ4n) is 2.61. The summed E-state index contributed by atoms with van der Waals surface area (Å²) in [4.78, 5) is 14.0. The van der Waals surface area contributed by atoms with E-state index in [-0.39, 0.29) is 12.4 Å². The van der Waals surface area contributed by atoms with Gasteiger partial charge in [-0.1, -0.05) is 12.8 Å². The number of hydrogen-bond donors (Lipinski definition) is 1. The summed E-state index contributed by atoms with van der Waals surface area (Å²) < 4.78 is 0. The lowest BCUT2D eigenvalue weighted by molar-refractivity contribution is -0.135. The van der Waals surface area contributed by atoms with Crippen LogP contribution in [0.25, 0.3) is 0 Å². The molecule has 1 heterocycles. The first-order valence-corrected chi connectivity index (χ1v) is 5.76. The number of amides is 1. The van der Waals surface area contributed by atoms with Gasteiger partial charge in [-0.3, -0.25) is 4.79 Å². The summed E-state index contributed by atoms with van der Waals surface area (Å²) in [7, 11) is 1.97. The van der Waals surface area contributed by atoms with Crippen LogP contribution in [-0.4, -0.2) is 37.0 Å². The average molecular weight is 233 g/mol. The Balaban J connectivity index is 0.00000112. The van der Waals surface area contributed by atoms with Crippen molar-refractivity contribution in [2.45, 2.75) is 38.1 Å². The molecule has 15 heavy (non-hydrogen) atoms. The highest BCUT2D eigenvalue weighted by Gasteiger charge is 2.30. The third-order valence-corrected chi connectivity index (χ3v) is 3.63. The Hall–Kier alpha value is -0.280. The highest BCUT2D eigenvalue weighted by molar-refractivity contribution is 5.85. The number of likely N-dealkylation sites (N-methyl/N-ethyl adjacent to an activating group) is 1. The molecule has 0 aromatic heterocycles. The zero-order valence-electron chi connectivity index (χ0n) is 9.37. The van der Waals surface area contributed by atoms with Gasteiger partial charge in [0.05, 0.1) is 0 Å². The highest BCUT2D eigenvalue weighted by Crippen LogP contribution is 2.27. The van der Waals surface area contributed by atoms with Gasteiger partial charge in [0.1, 0.15) is 0 Å². The monoisotopic (exact) mass is 232 g/mol. The summed E-state index contributed by atoms with van der Waals surface area (Å²) in [6, 6.07) is 0.447. The highest BCUT2D eigenvalue weighted by atomic mass is 35.5. The second kappa shape index (κ2) is 5.71. The molecule has 2 fully saturated rings. The molecule has 1 amide bonds. The number of nitrogens with one attached hydrogen (secondary N) is 1. The molecule has 1 saturated carbocycles. The van der Waals surface area contributed by atoms with Crippen molar-refractivity contribution in [3.8, 4) is 0 Å². The van der Waals surface area contributed by atoms with Crippen LogP contribution in [0.5, 0.6) is 0 Å². The van der Waals surface area contributed by atoms with Crippen molar-refractivity contribution in [1.29, 1.82) is 0 Å². The maximum absolute atomic E-state index is 12.0. The van der Waals surface area contributed by atoms with Gasteiger partial charge in [-0.15, -0.1) is 12.4 Å². The number of hydrogen-bond acceptors (Lipinski definition) is 2. The number of rotatable bonds is 2. The summed E-state index contributed by atoms with van der Waals surface area (Å²) in [5.41, 5.74) is 0. The molecule has 1 aliphatic carbocycles. The number of nitrogens with zero attached hydrogens (tertiary/aromatic N) is 1. The maximum Gasteiger partial charge on any atom is 0.225 e. The SMILES string of the molecule is CN(C(=O)C1CCCC1)C1CCNC1.Cl. The molecule has 0 aromatic carbocycles. The Morgan fingerprint density at radius 1 is 1.27 bits per heavy atom. The first kappa shape index (κ1) is 12.8. The fourth-order valence-corrected chi connectivity index (χ4v) is 2.61. The van der Waals surface area contributed by atoms with E-state index in [1.807, 2.05) is 11.9 Å². The second-order valence-electron chi connectivity index (χ2n) is 4.58. The van der Waals surface area contributed by atoms with Gasteiger partial charge in [-0.25, -0.2) is 0 Å². The Kier molecular flexibility index (Phi) is 4.87. The summed E-state index contributed by atoms with van der Waals surface area (Å²) in [6.45, 7) is 2.04. The Morgan fingerprint density at radius 3 is 2.47 bits per heavy atom. The van der Waals surface area contributed by atoms with Crippen LogP contribution in [0.4, 0.5) is 0 Å². The molecule has 0 spiro atoms. The van der Waals surface area contributed by atoms with Gasteiger partial charge >= 0.3 is 0 Å². The number of halogens is 1. The summed E-state index contributed by atoms with van der Waals surface area (Å²) >= 11 is 0. The minimum atomic E-state index is 0. The van der Waals surface area contributed by atoms with Crippen molar-refractivity contribution < 1.29 is 4.79 Å². The van der Waals surface area contributed by atoms with Crippen LogP contribution in [0, 0.1) is 5.92 Å². The Bertz CT molecular complexity index is 211. The molecule has 1 saturated heterocycles. The Labute approximate surface area is 98.0 Å². The fraction of sp³-hybridized carbons (Fsp3) is 0.909. The first-order chi connectivity index (χ1) is 6.79. The lowest BCUT2D eigenvalue weighted by Crippen LogP contribution is -2.41. The molecular formula is C11H21ClN2O. The smallest absolute Gasteiger partial charge is 0.225 e. The van der Waals surface area contributed by atoms with Crippen molar-refractivity contribution in [1.82, 2.24) is 10.2 Å². The third kappa shape index (κ3) is 2.85. The lowest BCUT2D eigenvalue weighted by Gasteiger charge is -2.26. The van der Waals surface area contributed by atoms with Crippen molar-refractivity contribution in [3.63, 3.8) is 0 Å². The van der Waals surface area contributed by atoms with Crippen LogP contribution in [0.15, 0.2) is 0 Å². The molecule has 0 bridgehead atoms. The minimum absolute atomic E-state index is 0. The van der Waals surface area contributed by atoms with Gasteiger partial charge in [0, 0.05) is 25.6 Å². The van der Waals surface area contributed by atoms with Crippen LogP contribution in [0.3, 0.4) is 0 Å². The molecular weight excluding hydrogens is 212 g/mol. The molecule has 1 aliphatic heterocycles. The van der Waals surface area contributed by atoms with Crippen LogP contribution in [0.1, 0.15) is 32.1 Å². The van der Waals surface area contributed by atoms with Gasteiger partial charge < -0.3 is 10.2 Å². The van der Waals surface area contributed by atoms with Crippen molar-refractivity contribution in [2.24, 2.45) is 5.92 Å². The van der Waals surface area contributed by atoms with E-state index in [2.05, 4.69) is 5.32 Å². The zero-order chi connectivity index (χ0) is 9.97. The zero-order valence-corrected chi connectivity index (χ0v) is 10.2. The molecule has 3 nitrogen and oxygen atoms in total. The van der Waals surface area contributed by atoms with Gasteiger partial charge in [-0.2, -0.15) is 0 Å². The largest absolute Gasteiger partial charge is 0.341 e. The quantitative estimate of drug-likeness (QED) is 0.781. The van der Waals surface area contributed by atoms with Gasteiger partial charge in [-0.05, 0) is 25.8 Å². The third-order valence-electron chi connectivity index (χ3n) is 3.63. The van der Waals surface area contributed by atoms with E-state index in [1.54, 1.807) is 0 Å². The normalized spacial score (nSPS) is 26.3.